The van der Waals surface area contributed by atoms with Crippen LogP contribution in [0.15, 0.2) is 18.2 Å². The van der Waals surface area contributed by atoms with E-state index in [9.17, 15) is 9.18 Å². The van der Waals surface area contributed by atoms with Crippen molar-refractivity contribution >= 4 is 23.3 Å². The van der Waals surface area contributed by atoms with Crippen LogP contribution in [0, 0.1) is 11.2 Å². The minimum absolute atomic E-state index is 0.0122. The summed E-state index contributed by atoms with van der Waals surface area (Å²) in [4.78, 5) is 11.5. The molecule has 1 aliphatic carbocycles. The SMILES string of the molecule is O=C(NCC1(CO)CC1)Nc1ccc(Cl)c(F)c1. The van der Waals surface area contributed by atoms with E-state index >= 15 is 0 Å². The standard InChI is InChI=1S/C12H14ClFN2O2/c13-9-2-1-8(5-10(9)14)16-11(18)15-6-12(7-17)3-4-12/h1-2,5,17H,3-4,6-7H2,(H2,15,16,18). The van der Waals surface area contributed by atoms with Crippen LogP contribution in [-0.4, -0.2) is 24.3 Å². The number of rotatable bonds is 4. The highest BCUT2D eigenvalue weighted by Crippen LogP contribution is 2.44. The Labute approximate surface area is 109 Å². The van der Waals surface area contributed by atoms with Crippen molar-refractivity contribution in [3.63, 3.8) is 0 Å². The van der Waals surface area contributed by atoms with Gasteiger partial charge in [0.25, 0.3) is 0 Å². The number of benzene rings is 1. The number of nitrogens with one attached hydrogen (secondary N) is 2. The van der Waals surface area contributed by atoms with Crippen molar-refractivity contribution in [1.29, 1.82) is 0 Å². The molecule has 0 unspecified atom stereocenters. The van der Waals surface area contributed by atoms with E-state index in [0.29, 0.717) is 12.2 Å². The van der Waals surface area contributed by atoms with Crippen LogP contribution in [0.4, 0.5) is 14.9 Å². The molecule has 0 aromatic heterocycles. The molecule has 2 amide bonds. The summed E-state index contributed by atoms with van der Waals surface area (Å²) < 4.78 is 13.1. The van der Waals surface area contributed by atoms with Gasteiger partial charge in [-0.2, -0.15) is 0 Å². The molecule has 0 saturated heterocycles. The average Bonchev–Trinajstić information content (AvgIpc) is 3.12. The fourth-order valence-electron chi connectivity index (χ4n) is 1.58. The van der Waals surface area contributed by atoms with Gasteiger partial charge in [0, 0.05) is 17.6 Å². The molecular formula is C12H14ClFN2O2. The van der Waals surface area contributed by atoms with Crippen LogP contribution >= 0.6 is 11.6 Å². The average molecular weight is 273 g/mol. The molecule has 0 spiro atoms. The Morgan fingerprint density at radius 3 is 2.78 bits per heavy atom. The van der Waals surface area contributed by atoms with Gasteiger partial charge in [0.2, 0.25) is 0 Å². The lowest BCUT2D eigenvalue weighted by molar-refractivity contribution is 0.206. The molecule has 4 nitrogen and oxygen atoms in total. The number of carbonyl (C=O) groups is 1. The number of urea groups is 1. The van der Waals surface area contributed by atoms with E-state index in [0.717, 1.165) is 18.9 Å². The molecule has 3 N–H and O–H groups in total. The molecule has 1 saturated carbocycles. The summed E-state index contributed by atoms with van der Waals surface area (Å²) in [6, 6.07) is 3.63. The van der Waals surface area contributed by atoms with E-state index in [2.05, 4.69) is 10.6 Å². The van der Waals surface area contributed by atoms with Gasteiger partial charge >= 0.3 is 6.03 Å². The van der Waals surface area contributed by atoms with Gasteiger partial charge in [0.1, 0.15) is 5.82 Å². The second-order valence-corrected chi connectivity index (χ2v) is 5.00. The molecule has 1 aromatic carbocycles. The second-order valence-electron chi connectivity index (χ2n) is 4.59. The molecule has 2 rings (SSSR count). The first-order valence-corrected chi connectivity index (χ1v) is 6.03. The molecule has 98 valence electrons. The number of hydrogen-bond donors (Lipinski definition) is 3. The summed E-state index contributed by atoms with van der Waals surface area (Å²) >= 11 is 5.53. The smallest absolute Gasteiger partial charge is 0.319 e. The predicted molar refractivity (Wildman–Crippen MR) is 67.2 cm³/mol. The van der Waals surface area contributed by atoms with Crippen LogP contribution < -0.4 is 10.6 Å². The number of hydrogen-bond acceptors (Lipinski definition) is 2. The Bertz CT molecular complexity index is 463. The molecular weight excluding hydrogens is 259 g/mol. The lowest BCUT2D eigenvalue weighted by Crippen LogP contribution is -2.35. The van der Waals surface area contributed by atoms with E-state index in [1.807, 2.05) is 0 Å². The zero-order valence-electron chi connectivity index (χ0n) is 9.67. The third-order valence-electron chi connectivity index (χ3n) is 3.09. The zero-order chi connectivity index (χ0) is 13.2. The number of aliphatic hydroxyl groups is 1. The van der Waals surface area contributed by atoms with E-state index in [1.54, 1.807) is 0 Å². The van der Waals surface area contributed by atoms with E-state index in [-0.39, 0.29) is 17.0 Å². The first-order chi connectivity index (χ1) is 8.54. The normalized spacial score (nSPS) is 16.2. The van der Waals surface area contributed by atoms with Gasteiger partial charge < -0.3 is 15.7 Å². The van der Waals surface area contributed by atoms with Crippen LogP contribution in [0.2, 0.25) is 5.02 Å². The maximum atomic E-state index is 13.1. The highest BCUT2D eigenvalue weighted by atomic mass is 35.5. The van der Waals surface area contributed by atoms with Gasteiger partial charge in [0.15, 0.2) is 0 Å². The zero-order valence-corrected chi connectivity index (χ0v) is 10.4. The van der Waals surface area contributed by atoms with E-state index in [1.165, 1.54) is 12.1 Å². The molecule has 1 fully saturated rings. The van der Waals surface area contributed by atoms with Crippen LogP contribution in [0.25, 0.3) is 0 Å². The van der Waals surface area contributed by atoms with Crippen molar-refractivity contribution in [2.45, 2.75) is 12.8 Å². The van der Waals surface area contributed by atoms with Crippen molar-refractivity contribution < 1.29 is 14.3 Å². The molecule has 1 aromatic rings. The largest absolute Gasteiger partial charge is 0.396 e. The fourth-order valence-corrected chi connectivity index (χ4v) is 1.70. The molecule has 1 aliphatic rings. The summed E-state index contributed by atoms with van der Waals surface area (Å²) in [7, 11) is 0. The van der Waals surface area contributed by atoms with Gasteiger partial charge in [-0.1, -0.05) is 11.6 Å². The lowest BCUT2D eigenvalue weighted by atomic mass is 10.1. The summed E-state index contributed by atoms with van der Waals surface area (Å²) in [5, 5.41) is 14.3. The summed E-state index contributed by atoms with van der Waals surface area (Å²) in [5.41, 5.74) is 0.186. The summed E-state index contributed by atoms with van der Waals surface area (Å²) in [6.07, 6.45) is 1.83. The monoisotopic (exact) mass is 272 g/mol. The summed E-state index contributed by atoms with van der Waals surface area (Å²) in [6.45, 7) is 0.494. The Balaban J connectivity index is 1.85. The topological polar surface area (TPSA) is 61.4 Å². The number of halogens is 2. The third kappa shape index (κ3) is 3.11. The molecule has 6 heteroatoms. The molecule has 18 heavy (non-hydrogen) atoms. The van der Waals surface area contributed by atoms with Gasteiger partial charge in [0.05, 0.1) is 11.6 Å². The highest BCUT2D eigenvalue weighted by molar-refractivity contribution is 6.30. The highest BCUT2D eigenvalue weighted by Gasteiger charge is 2.42. The van der Waals surface area contributed by atoms with Crippen LogP contribution in [-0.2, 0) is 0 Å². The van der Waals surface area contributed by atoms with Crippen molar-refractivity contribution in [1.82, 2.24) is 5.32 Å². The quantitative estimate of drug-likeness (QED) is 0.788. The first-order valence-electron chi connectivity index (χ1n) is 5.65. The maximum absolute atomic E-state index is 13.1. The lowest BCUT2D eigenvalue weighted by Gasteiger charge is -2.13. The molecule has 0 bridgehead atoms. The van der Waals surface area contributed by atoms with Crippen molar-refractivity contribution in [2.75, 3.05) is 18.5 Å². The van der Waals surface area contributed by atoms with Crippen molar-refractivity contribution in [3.8, 4) is 0 Å². The molecule has 0 aliphatic heterocycles. The molecule has 0 radical (unpaired) electrons. The number of carbonyl (C=O) groups excluding carboxylic acids is 1. The van der Waals surface area contributed by atoms with Crippen LogP contribution in [0.1, 0.15) is 12.8 Å². The van der Waals surface area contributed by atoms with E-state index < -0.39 is 11.8 Å². The Morgan fingerprint density at radius 1 is 1.50 bits per heavy atom. The first kappa shape index (κ1) is 13.1. The molecule has 0 heterocycles. The Kier molecular flexibility index (Phi) is 3.73. The predicted octanol–water partition coefficient (Wildman–Crippen LogP) is 2.37. The van der Waals surface area contributed by atoms with Crippen molar-refractivity contribution in [3.05, 3.63) is 29.0 Å². The number of anilines is 1. The number of aliphatic hydroxyl groups excluding tert-OH is 1. The Hall–Kier alpha value is -1.33. The van der Waals surface area contributed by atoms with Crippen molar-refractivity contribution in [2.24, 2.45) is 5.41 Å². The van der Waals surface area contributed by atoms with Crippen LogP contribution in [0.3, 0.4) is 0 Å². The van der Waals surface area contributed by atoms with E-state index in [4.69, 9.17) is 16.7 Å². The summed E-state index contributed by atoms with van der Waals surface area (Å²) in [5.74, 6) is -0.580. The fraction of sp³-hybridized carbons (Fsp3) is 0.417. The van der Waals surface area contributed by atoms with Crippen LogP contribution in [0.5, 0.6) is 0 Å². The van der Waals surface area contributed by atoms with Gasteiger partial charge in [-0.3, -0.25) is 0 Å². The second kappa shape index (κ2) is 5.12. The maximum Gasteiger partial charge on any atom is 0.319 e. The Morgan fingerprint density at radius 2 is 2.22 bits per heavy atom. The van der Waals surface area contributed by atoms with Gasteiger partial charge in [-0.25, -0.2) is 9.18 Å². The third-order valence-corrected chi connectivity index (χ3v) is 3.40. The minimum Gasteiger partial charge on any atom is -0.396 e. The molecule has 0 atom stereocenters. The van der Waals surface area contributed by atoms with Gasteiger partial charge in [-0.05, 0) is 31.0 Å². The minimum atomic E-state index is -0.580. The number of amides is 2. The van der Waals surface area contributed by atoms with Gasteiger partial charge in [-0.15, -0.1) is 0 Å².